The van der Waals surface area contributed by atoms with Crippen molar-refractivity contribution in [3.05, 3.63) is 0 Å². The van der Waals surface area contributed by atoms with Crippen LogP contribution in [-0.4, -0.2) is 25.6 Å². The Balaban J connectivity index is 1.18. The molecule has 0 bridgehead atoms. The fourth-order valence-corrected chi connectivity index (χ4v) is 10.7. The Morgan fingerprint density at radius 1 is 0.275 bits per heavy atom. The van der Waals surface area contributed by atoms with E-state index in [2.05, 4.69) is 0 Å². The van der Waals surface area contributed by atoms with Crippen molar-refractivity contribution in [2.45, 2.75) is 192 Å². The van der Waals surface area contributed by atoms with Crippen LogP contribution in [0.2, 0.25) is 0 Å². The van der Waals surface area contributed by atoms with Crippen LogP contribution >= 0.6 is 0 Å². The molecule has 6 saturated carbocycles. The maximum atomic E-state index is 7.19. The van der Waals surface area contributed by atoms with Crippen molar-refractivity contribution in [2.75, 3.05) is 0 Å². The minimum Gasteiger partial charge on any atom is -0.383 e. The van der Waals surface area contributed by atoms with Crippen LogP contribution in [0.4, 0.5) is 0 Å². The standard InChI is InChI=1S/C36H63BO3/c1-4-16-28(17-5-1)31-22-10-13-25-34(31)38-37(39-35-26-14-11-23-32(35)29-18-6-2-7-19-29)40-36-27-15-12-24-33(36)30-20-8-3-9-21-30/h28-36H,1-27H2/t31-,32-,33+,34-,35-,36+/m1/s1. The largest absolute Gasteiger partial charge is 0.640 e. The minimum absolute atomic E-state index is 0.343. The van der Waals surface area contributed by atoms with E-state index in [1.54, 1.807) is 0 Å². The van der Waals surface area contributed by atoms with Gasteiger partial charge in [-0.3, -0.25) is 0 Å². The summed E-state index contributed by atoms with van der Waals surface area (Å²) in [6.45, 7) is 0. The molecule has 0 amide bonds. The van der Waals surface area contributed by atoms with Gasteiger partial charge in [0.25, 0.3) is 0 Å². The summed E-state index contributed by atoms with van der Waals surface area (Å²) in [7, 11) is -0.433. The molecule has 0 aromatic carbocycles. The predicted octanol–water partition coefficient (Wildman–Crippen LogP) is 10.4. The van der Waals surface area contributed by atoms with E-state index in [1.807, 2.05) is 0 Å². The Morgan fingerprint density at radius 2 is 0.525 bits per heavy atom. The van der Waals surface area contributed by atoms with Crippen molar-refractivity contribution in [1.82, 2.24) is 0 Å². The first-order valence-corrected chi connectivity index (χ1v) is 18.8. The van der Waals surface area contributed by atoms with Gasteiger partial charge in [0.05, 0.1) is 0 Å². The Labute approximate surface area is 248 Å². The third-order valence-corrected chi connectivity index (χ3v) is 12.9. The smallest absolute Gasteiger partial charge is 0.383 e. The fourth-order valence-electron chi connectivity index (χ4n) is 10.7. The van der Waals surface area contributed by atoms with Gasteiger partial charge >= 0.3 is 7.32 Å². The quantitative estimate of drug-likeness (QED) is 0.265. The van der Waals surface area contributed by atoms with Crippen molar-refractivity contribution >= 4 is 7.32 Å². The average Bonchev–Trinajstić information content (AvgIpc) is 3.03. The molecule has 0 radical (unpaired) electrons. The first kappa shape index (κ1) is 30.0. The van der Waals surface area contributed by atoms with Crippen LogP contribution in [0, 0.1) is 35.5 Å². The van der Waals surface area contributed by atoms with E-state index >= 15 is 0 Å². The van der Waals surface area contributed by atoms with Crippen molar-refractivity contribution in [3.63, 3.8) is 0 Å². The third-order valence-electron chi connectivity index (χ3n) is 12.9. The molecular formula is C36H63BO3. The summed E-state index contributed by atoms with van der Waals surface area (Å²) in [4.78, 5) is 0. The Kier molecular flexibility index (Phi) is 11.7. The van der Waals surface area contributed by atoms with Gasteiger partial charge in [0.2, 0.25) is 0 Å². The van der Waals surface area contributed by atoms with Gasteiger partial charge < -0.3 is 14.0 Å². The first-order valence-electron chi connectivity index (χ1n) is 18.8. The fraction of sp³-hybridized carbons (Fsp3) is 1.00. The first-order chi connectivity index (χ1) is 19.8. The summed E-state index contributed by atoms with van der Waals surface area (Å²) >= 11 is 0. The molecule has 0 aromatic heterocycles. The highest BCUT2D eigenvalue weighted by Gasteiger charge is 2.44. The van der Waals surface area contributed by atoms with Crippen LogP contribution in [0.3, 0.4) is 0 Å². The van der Waals surface area contributed by atoms with Gasteiger partial charge in [-0.2, -0.15) is 0 Å². The Bertz CT molecular complexity index is 618. The van der Waals surface area contributed by atoms with E-state index in [0.29, 0.717) is 18.3 Å². The summed E-state index contributed by atoms with van der Waals surface area (Å²) in [5, 5.41) is 0. The molecular weight excluding hydrogens is 491 g/mol. The molecule has 6 rings (SSSR count). The normalized spacial score (nSPS) is 37.8. The minimum atomic E-state index is -0.433. The summed E-state index contributed by atoms with van der Waals surface area (Å²) in [6.07, 6.45) is 38.4. The molecule has 40 heavy (non-hydrogen) atoms. The lowest BCUT2D eigenvalue weighted by Gasteiger charge is -2.44. The van der Waals surface area contributed by atoms with E-state index in [0.717, 1.165) is 35.5 Å². The van der Waals surface area contributed by atoms with Gasteiger partial charge in [-0.1, -0.05) is 135 Å². The maximum Gasteiger partial charge on any atom is 0.640 e. The zero-order valence-electron chi connectivity index (χ0n) is 26.1. The Hall–Kier alpha value is -0.0551. The second-order valence-electron chi connectivity index (χ2n) is 15.4. The van der Waals surface area contributed by atoms with E-state index in [1.165, 1.54) is 173 Å². The molecule has 6 aliphatic rings. The van der Waals surface area contributed by atoms with Crippen molar-refractivity contribution in [1.29, 1.82) is 0 Å². The van der Waals surface area contributed by atoms with E-state index in [4.69, 9.17) is 14.0 Å². The zero-order chi connectivity index (χ0) is 27.0. The van der Waals surface area contributed by atoms with Gasteiger partial charge in [0.1, 0.15) is 0 Å². The van der Waals surface area contributed by atoms with E-state index in [9.17, 15) is 0 Å². The van der Waals surface area contributed by atoms with Crippen molar-refractivity contribution in [2.24, 2.45) is 35.5 Å². The molecule has 0 heterocycles. The summed E-state index contributed by atoms with van der Waals surface area (Å²) in [5.74, 6) is 4.79. The molecule has 6 aliphatic carbocycles. The molecule has 3 nitrogen and oxygen atoms in total. The lowest BCUT2D eigenvalue weighted by molar-refractivity contribution is -0.0742. The number of rotatable bonds is 9. The molecule has 0 aliphatic heterocycles. The van der Waals surface area contributed by atoms with Crippen molar-refractivity contribution < 1.29 is 14.0 Å². The van der Waals surface area contributed by atoms with E-state index < -0.39 is 7.32 Å². The lowest BCUT2D eigenvalue weighted by atomic mass is 9.71. The van der Waals surface area contributed by atoms with Gasteiger partial charge in [0, 0.05) is 18.3 Å². The highest BCUT2D eigenvalue weighted by molar-refractivity contribution is 6.36. The predicted molar refractivity (Wildman–Crippen MR) is 166 cm³/mol. The zero-order valence-corrected chi connectivity index (χ0v) is 26.1. The van der Waals surface area contributed by atoms with Gasteiger partial charge in [-0.25, -0.2) is 0 Å². The topological polar surface area (TPSA) is 27.7 Å². The molecule has 4 heteroatoms. The van der Waals surface area contributed by atoms with Crippen LogP contribution in [0.1, 0.15) is 173 Å². The third kappa shape index (κ3) is 7.90. The summed E-state index contributed by atoms with van der Waals surface area (Å²) in [5.41, 5.74) is 0. The van der Waals surface area contributed by atoms with Crippen LogP contribution in [0.15, 0.2) is 0 Å². The molecule has 0 aromatic rings. The van der Waals surface area contributed by atoms with E-state index in [-0.39, 0.29) is 0 Å². The molecule has 0 unspecified atom stereocenters. The highest BCUT2D eigenvalue weighted by Crippen LogP contribution is 2.44. The summed E-state index contributed by atoms with van der Waals surface area (Å²) < 4.78 is 21.6. The lowest BCUT2D eigenvalue weighted by Crippen LogP contribution is -2.48. The second kappa shape index (κ2) is 15.6. The van der Waals surface area contributed by atoms with Gasteiger partial charge in [-0.15, -0.1) is 0 Å². The molecule has 0 N–H and O–H groups in total. The SMILES string of the molecule is C1CCC([C@H]2CCCC[C@H]2OB(O[C@H]2CCCC[C@H]2C2CCCCC2)O[C@@H]2CCCC[C@@H]2C2CCCCC2)CC1. The van der Waals surface area contributed by atoms with Crippen LogP contribution in [0.25, 0.3) is 0 Å². The molecule has 6 atom stereocenters. The number of hydrogen-bond donors (Lipinski definition) is 0. The average molecular weight is 555 g/mol. The monoisotopic (exact) mass is 554 g/mol. The second-order valence-corrected chi connectivity index (χ2v) is 15.4. The molecule has 0 saturated heterocycles. The van der Waals surface area contributed by atoms with Crippen LogP contribution in [-0.2, 0) is 14.0 Å². The molecule has 6 fully saturated rings. The highest BCUT2D eigenvalue weighted by atomic mass is 16.7. The number of hydrogen-bond acceptors (Lipinski definition) is 3. The molecule has 0 spiro atoms. The van der Waals surface area contributed by atoms with Gasteiger partial charge in [0.15, 0.2) is 0 Å². The molecule has 228 valence electrons. The maximum absolute atomic E-state index is 7.19. The van der Waals surface area contributed by atoms with Crippen molar-refractivity contribution in [3.8, 4) is 0 Å². The van der Waals surface area contributed by atoms with Crippen LogP contribution < -0.4 is 0 Å². The Morgan fingerprint density at radius 3 is 0.825 bits per heavy atom. The summed E-state index contributed by atoms with van der Waals surface area (Å²) in [6, 6.07) is 0. The van der Waals surface area contributed by atoms with Crippen LogP contribution in [0.5, 0.6) is 0 Å². The van der Waals surface area contributed by atoms with Gasteiger partial charge in [-0.05, 0) is 74.0 Å².